The molecule has 1 atom stereocenters. The first kappa shape index (κ1) is 13.9. The molecule has 2 aliphatic heterocycles. The number of rotatable bonds is 2. The van der Waals surface area contributed by atoms with Gasteiger partial charge >= 0.3 is 0 Å². The van der Waals surface area contributed by atoms with E-state index in [1.54, 1.807) is 17.7 Å². The van der Waals surface area contributed by atoms with Gasteiger partial charge < -0.3 is 16.0 Å². The van der Waals surface area contributed by atoms with Crippen LogP contribution >= 0.6 is 11.3 Å². The molecule has 2 aliphatic rings. The first-order valence-corrected chi connectivity index (χ1v) is 8.65. The summed E-state index contributed by atoms with van der Waals surface area (Å²) in [5, 5.41) is 10.8. The minimum Gasteiger partial charge on any atom is -0.358 e. The zero-order valence-corrected chi connectivity index (χ0v) is 13.1. The smallest absolute Gasteiger partial charge is 0.242 e. The maximum Gasteiger partial charge on any atom is 0.242 e. The first-order valence-electron chi connectivity index (χ1n) is 7.83. The second kappa shape index (κ2) is 5.81. The molecule has 4 heterocycles. The Hall–Kier alpha value is -1.73. The van der Waals surface area contributed by atoms with Gasteiger partial charge in [-0.25, -0.2) is 9.97 Å². The first-order chi connectivity index (χ1) is 10.8. The molecule has 1 amide bonds. The number of aromatic nitrogens is 2. The Morgan fingerprint density at radius 1 is 1.27 bits per heavy atom. The van der Waals surface area contributed by atoms with E-state index in [0.29, 0.717) is 0 Å². The maximum atomic E-state index is 12.2. The lowest BCUT2D eigenvalue weighted by molar-refractivity contribution is -0.121. The molecule has 0 spiro atoms. The summed E-state index contributed by atoms with van der Waals surface area (Å²) >= 11 is 1.73. The van der Waals surface area contributed by atoms with Crippen LogP contribution in [-0.2, 0) is 17.8 Å². The van der Waals surface area contributed by atoms with Gasteiger partial charge in [0.15, 0.2) is 0 Å². The summed E-state index contributed by atoms with van der Waals surface area (Å²) in [7, 11) is 0. The Bertz CT molecular complexity index is 713. The van der Waals surface area contributed by atoms with Crippen LogP contribution in [0, 0.1) is 0 Å². The molecule has 7 heteroatoms. The van der Waals surface area contributed by atoms with Crippen LogP contribution in [0.1, 0.15) is 29.7 Å². The molecular formula is C15H19N5OS. The van der Waals surface area contributed by atoms with Gasteiger partial charge in [0, 0.05) is 18.0 Å². The molecule has 2 aromatic heterocycles. The summed E-state index contributed by atoms with van der Waals surface area (Å²) in [4.78, 5) is 23.4. The lowest BCUT2D eigenvalue weighted by Crippen LogP contribution is -2.38. The number of nitrogens with one attached hydrogen (secondary N) is 3. The van der Waals surface area contributed by atoms with Crippen LogP contribution in [0.5, 0.6) is 0 Å². The number of carbonyl (C=O) groups excluding carboxylic acids is 1. The molecular weight excluding hydrogens is 298 g/mol. The maximum absolute atomic E-state index is 12.2. The summed E-state index contributed by atoms with van der Waals surface area (Å²) in [6.07, 6.45) is 5.53. The molecule has 116 valence electrons. The van der Waals surface area contributed by atoms with E-state index in [-0.39, 0.29) is 11.9 Å². The van der Waals surface area contributed by atoms with Gasteiger partial charge in [0.05, 0.1) is 5.39 Å². The van der Waals surface area contributed by atoms with Crippen LogP contribution in [0.3, 0.4) is 0 Å². The van der Waals surface area contributed by atoms with Crippen LogP contribution in [0.4, 0.5) is 5.82 Å². The third-order valence-corrected chi connectivity index (χ3v) is 5.49. The summed E-state index contributed by atoms with van der Waals surface area (Å²) in [6, 6.07) is -0.196. The van der Waals surface area contributed by atoms with Gasteiger partial charge in [-0.15, -0.1) is 11.3 Å². The second-order valence-electron chi connectivity index (χ2n) is 5.82. The molecule has 1 unspecified atom stereocenters. The number of anilines is 1. The largest absolute Gasteiger partial charge is 0.358 e. The van der Waals surface area contributed by atoms with Gasteiger partial charge in [-0.05, 0) is 37.8 Å². The van der Waals surface area contributed by atoms with Gasteiger partial charge in [0.1, 0.15) is 23.0 Å². The van der Waals surface area contributed by atoms with E-state index in [1.165, 1.54) is 10.4 Å². The predicted molar refractivity (Wildman–Crippen MR) is 87.1 cm³/mol. The van der Waals surface area contributed by atoms with Crippen molar-refractivity contribution in [3.63, 3.8) is 0 Å². The average molecular weight is 317 g/mol. The van der Waals surface area contributed by atoms with Crippen molar-refractivity contribution < 1.29 is 4.79 Å². The van der Waals surface area contributed by atoms with Crippen LogP contribution in [0.15, 0.2) is 6.33 Å². The Morgan fingerprint density at radius 2 is 2.23 bits per heavy atom. The van der Waals surface area contributed by atoms with E-state index in [2.05, 4.69) is 25.9 Å². The van der Waals surface area contributed by atoms with Crippen LogP contribution in [0.25, 0.3) is 10.2 Å². The third kappa shape index (κ3) is 2.44. The van der Waals surface area contributed by atoms with Gasteiger partial charge in [-0.1, -0.05) is 0 Å². The molecule has 4 rings (SSSR count). The molecule has 0 saturated carbocycles. The summed E-state index contributed by atoms with van der Waals surface area (Å²) < 4.78 is 0. The highest BCUT2D eigenvalue weighted by Crippen LogP contribution is 2.35. The molecule has 0 aromatic carbocycles. The van der Waals surface area contributed by atoms with Gasteiger partial charge in [0.25, 0.3) is 0 Å². The van der Waals surface area contributed by atoms with E-state index in [0.717, 1.165) is 61.4 Å². The van der Waals surface area contributed by atoms with Crippen molar-refractivity contribution in [1.29, 1.82) is 0 Å². The van der Waals surface area contributed by atoms with Crippen LogP contribution in [0.2, 0.25) is 0 Å². The van der Waals surface area contributed by atoms with E-state index in [4.69, 9.17) is 0 Å². The van der Waals surface area contributed by atoms with Crippen molar-refractivity contribution >= 4 is 33.3 Å². The molecule has 0 radical (unpaired) electrons. The second-order valence-corrected chi connectivity index (χ2v) is 6.90. The van der Waals surface area contributed by atoms with E-state index in [1.807, 2.05) is 0 Å². The Labute approximate surface area is 132 Å². The molecule has 22 heavy (non-hydrogen) atoms. The van der Waals surface area contributed by atoms with Crippen molar-refractivity contribution in [2.24, 2.45) is 0 Å². The molecule has 0 bridgehead atoms. The van der Waals surface area contributed by atoms with Crippen molar-refractivity contribution in [2.45, 2.75) is 38.3 Å². The highest BCUT2D eigenvalue weighted by Gasteiger charge is 2.24. The van der Waals surface area contributed by atoms with Crippen molar-refractivity contribution in [1.82, 2.24) is 20.6 Å². The quantitative estimate of drug-likeness (QED) is 0.781. The fourth-order valence-corrected chi connectivity index (χ4v) is 4.37. The SMILES string of the molecule is O=C1NCCCCC1Nc1ncnc2sc3c(c12)CCNC3. The molecule has 0 aliphatic carbocycles. The number of amides is 1. The topological polar surface area (TPSA) is 78.9 Å². The normalized spacial score (nSPS) is 22.0. The van der Waals surface area contributed by atoms with Gasteiger partial charge in [-0.2, -0.15) is 0 Å². The van der Waals surface area contributed by atoms with Crippen LogP contribution in [-0.4, -0.2) is 35.0 Å². The van der Waals surface area contributed by atoms with Crippen LogP contribution < -0.4 is 16.0 Å². The molecule has 2 aromatic rings. The third-order valence-electron chi connectivity index (χ3n) is 4.35. The Kier molecular flexibility index (Phi) is 3.67. The summed E-state index contributed by atoms with van der Waals surface area (Å²) in [5.41, 5.74) is 1.34. The number of hydrogen-bond donors (Lipinski definition) is 3. The standard InChI is InChI=1S/C15H19N5OS/c21-14-10(3-1-2-5-17-14)20-13-12-9-4-6-16-7-11(9)22-15(12)19-8-18-13/h8,10,16H,1-7H2,(H,17,21)(H,18,19,20). The number of carbonyl (C=O) groups is 1. The van der Waals surface area contributed by atoms with E-state index < -0.39 is 0 Å². The lowest BCUT2D eigenvalue weighted by Gasteiger charge is -2.18. The minimum atomic E-state index is -0.196. The fraction of sp³-hybridized carbons (Fsp3) is 0.533. The van der Waals surface area contributed by atoms with Crippen molar-refractivity contribution in [3.8, 4) is 0 Å². The molecule has 1 saturated heterocycles. The minimum absolute atomic E-state index is 0.0787. The highest BCUT2D eigenvalue weighted by atomic mass is 32.1. The Balaban J connectivity index is 1.71. The molecule has 6 nitrogen and oxygen atoms in total. The zero-order chi connectivity index (χ0) is 14.9. The van der Waals surface area contributed by atoms with Gasteiger partial charge in [-0.3, -0.25) is 4.79 Å². The number of nitrogens with zero attached hydrogens (tertiary/aromatic N) is 2. The van der Waals surface area contributed by atoms with Crippen molar-refractivity contribution in [2.75, 3.05) is 18.4 Å². The van der Waals surface area contributed by atoms with Crippen molar-refractivity contribution in [3.05, 3.63) is 16.8 Å². The number of fused-ring (bicyclic) bond motifs is 3. The number of hydrogen-bond acceptors (Lipinski definition) is 6. The summed E-state index contributed by atoms with van der Waals surface area (Å²) in [6.45, 7) is 2.66. The Morgan fingerprint density at radius 3 is 3.18 bits per heavy atom. The average Bonchev–Trinajstić information content (AvgIpc) is 2.81. The highest BCUT2D eigenvalue weighted by molar-refractivity contribution is 7.19. The fourth-order valence-electron chi connectivity index (χ4n) is 3.21. The zero-order valence-electron chi connectivity index (χ0n) is 12.3. The van der Waals surface area contributed by atoms with Gasteiger partial charge in [0.2, 0.25) is 5.91 Å². The van der Waals surface area contributed by atoms with E-state index in [9.17, 15) is 4.79 Å². The number of thiophene rings is 1. The predicted octanol–water partition coefficient (Wildman–Crippen LogP) is 1.42. The monoisotopic (exact) mass is 317 g/mol. The lowest BCUT2D eigenvalue weighted by atomic mass is 10.1. The summed E-state index contributed by atoms with van der Waals surface area (Å²) in [5.74, 6) is 0.890. The molecule has 3 N–H and O–H groups in total. The molecule has 1 fully saturated rings. The van der Waals surface area contributed by atoms with E-state index >= 15 is 0 Å².